The summed E-state index contributed by atoms with van der Waals surface area (Å²) in [4.78, 5) is 25.5. The highest BCUT2D eigenvalue weighted by Gasteiger charge is 2.12. The van der Waals surface area contributed by atoms with Crippen LogP contribution in [0.1, 0.15) is 16.1 Å². The minimum atomic E-state index is -0.309. The lowest BCUT2D eigenvalue weighted by molar-refractivity contribution is 0.0947. The van der Waals surface area contributed by atoms with Crippen molar-refractivity contribution in [3.8, 4) is 5.75 Å². The van der Waals surface area contributed by atoms with Gasteiger partial charge in [0.05, 0.1) is 19.2 Å². The number of H-pyrrole nitrogens is 1. The second-order valence-corrected chi connectivity index (χ2v) is 4.66. The van der Waals surface area contributed by atoms with E-state index in [1.165, 1.54) is 7.11 Å². The fourth-order valence-electron chi connectivity index (χ4n) is 1.57. The fraction of sp³-hybridized carbons (Fsp3) is 0.167. The number of ether oxygens (including phenoxy) is 1. The Morgan fingerprint density at radius 3 is 2.95 bits per heavy atom. The van der Waals surface area contributed by atoms with Crippen LogP contribution in [-0.4, -0.2) is 18.0 Å². The van der Waals surface area contributed by atoms with Crippen molar-refractivity contribution in [1.29, 1.82) is 0 Å². The van der Waals surface area contributed by atoms with Crippen molar-refractivity contribution in [3.63, 3.8) is 0 Å². The second-order valence-electron chi connectivity index (χ2n) is 3.82. The van der Waals surface area contributed by atoms with Crippen LogP contribution in [0.3, 0.4) is 0 Å². The summed E-state index contributed by atoms with van der Waals surface area (Å²) in [6.07, 6.45) is 0. The smallest absolute Gasteiger partial charge is 0.304 e. The number of hydrogen-bond donors (Lipinski definition) is 3. The molecule has 2 aromatic rings. The number of aromatic amines is 1. The third-order valence-electron chi connectivity index (χ3n) is 2.48. The molecule has 0 radical (unpaired) electrons. The molecule has 0 aliphatic carbocycles. The Balaban J connectivity index is 2.11. The number of nitrogens with two attached hydrogens (primary N) is 1. The summed E-state index contributed by atoms with van der Waals surface area (Å²) in [6, 6.07) is 4.84. The molecule has 0 aliphatic heterocycles. The monoisotopic (exact) mass is 279 g/mol. The van der Waals surface area contributed by atoms with Crippen molar-refractivity contribution in [1.82, 2.24) is 10.3 Å². The van der Waals surface area contributed by atoms with E-state index in [2.05, 4.69) is 10.3 Å². The number of aromatic nitrogens is 1. The van der Waals surface area contributed by atoms with Crippen LogP contribution < -0.4 is 20.7 Å². The summed E-state index contributed by atoms with van der Waals surface area (Å²) in [5, 5.41) is 4.36. The molecule has 0 saturated heterocycles. The van der Waals surface area contributed by atoms with Crippen molar-refractivity contribution < 1.29 is 9.53 Å². The average Bonchev–Trinajstić information content (AvgIpc) is 2.81. The maximum absolute atomic E-state index is 12.0. The van der Waals surface area contributed by atoms with E-state index in [1.54, 1.807) is 23.6 Å². The van der Waals surface area contributed by atoms with Crippen molar-refractivity contribution in [3.05, 3.63) is 44.5 Å². The van der Waals surface area contributed by atoms with E-state index in [0.717, 1.165) is 11.3 Å². The van der Waals surface area contributed by atoms with Gasteiger partial charge in [-0.3, -0.25) is 9.59 Å². The molecule has 1 aromatic carbocycles. The maximum atomic E-state index is 12.0. The first-order chi connectivity index (χ1) is 9.10. The standard InChI is InChI=1S/C12H13N3O3S/c1-18-10-3-2-7(13)4-9(10)11(16)14-5-8-6-19-12(17)15-8/h2-4,6H,5,13H2,1H3,(H,14,16)(H,15,17). The summed E-state index contributed by atoms with van der Waals surface area (Å²) < 4.78 is 5.11. The van der Waals surface area contributed by atoms with E-state index in [1.807, 2.05) is 0 Å². The quantitative estimate of drug-likeness (QED) is 0.726. The normalized spacial score (nSPS) is 10.2. The van der Waals surface area contributed by atoms with Gasteiger partial charge >= 0.3 is 4.87 Å². The number of nitrogens with one attached hydrogen (secondary N) is 2. The summed E-state index contributed by atoms with van der Waals surface area (Å²) in [5.41, 5.74) is 7.15. The molecule has 0 saturated carbocycles. The van der Waals surface area contributed by atoms with Crippen LogP contribution in [0.4, 0.5) is 5.69 Å². The third kappa shape index (κ3) is 3.14. The molecule has 0 spiro atoms. The minimum absolute atomic E-state index is 0.147. The van der Waals surface area contributed by atoms with Crippen LogP contribution in [0.5, 0.6) is 5.75 Å². The third-order valence-corrected chi connectivity index (χ3v) is 3.20. The Kier molecular flexibility index (Phi) is 3.86. The van der Waals surface area contributed by atoms with Crippen LogP contribution in [-0.2, 0) is 6.54 Å². The van der Waals surface area contributed by atoms with Crippen LogP contribution in [0.2, 0.25) is 0 Å². The molecule has 0 bridgehead atoms. The number of amides is 1. The highest BCUT2D eigenvalue weighted by molar-refractivity contribution is 7.07. The predicted octanol–water partition coefficient (Wildman–Crippen LogP) is 0.957. The molecule has 2 rings (SSSR count). The van der Waals surface area contributed by atoms with Gasteiger partial charge < -0.3 is 20.8 Å². The van der Waals surface area contributed by atoms with Crippen LogP contribution in [0.15, 0.2) is 28.4 Å². The zero-order valence-electron chi connectivity index (χ0n) is 10.2. The summed E-state index contributed by atoms with van der Waals surface area (Å²) in [6.45, 7) is 0.246. The van der Waals surface area contributed by atoms with E-state index < -0.39 is 0 Å². The molecular weight excluding hydrogens is 266 g/mol. The summed E-state index contributed by atoms with van der Waals surface area (Å²) >= 11 is 1.05. The van der Waals surface area contributed by atoms with Crippen LogP contribution >= 0.6 is 11.3 Å². The number of thiazole rings is 1. The van der Waals surface area contributed by atoms with Gasteiger partial charge in [0.1, 0.15) is 5.75 Å². The van der Waals surface area contributed by atoms with Crippen LogP contribution in [0.25, 0.3) is 0 Å². The van der Waals surface area contributed by atoms with Crippen molar-refractivity contribution in [2.75, 3.05) is 12.8 Å². The van der Waals surface area contributed by atoms with E-state index in [4.69, 9.17) is 10.5 Å². The Morgan fingerprint density at radius 2 is 2.32 bits per heavy atom. The van der Waals surface area contributed by atoms with Gasteiger partial charge in [-0.15, -0.1) is 0 Å². The van der Waals surface area contributed by atoms with Gasteiger partial charge in [-0.1, -0.05) is 11.3 Å². The molecular formula is C12H13N3O3S. The Morgan fingerprint density at radius 1 is 1.53 bits per heavy atom. The number of anilines is 1. The van der Waals surface area contributed by atoms with Gasteiger partial charge in [-0.25, -0.2) is 0 Å². The lowest BCUT2D eigenvalue weighted by atomic mass is 10.1. The lowest BCUT2D eigenvalue weighted by Gasteiger charge is -2.09. The number of methoxy groups -OCH3 is 1. The molecule has 0 aliphatic rings. The molecule has 1 aromatic heterocycles. The van der Waals surface area contributed by atoms with E-state index in [-0.39, 0.29) is 17.3 Å². The summed E-state index contributed by atoms with van der Waals surface area (Å²) in [7, 11) is 1.48. The predicted molar refractivity (Wildman–Crippen MR) is 73.5 cm³/mol. The number of benzene rings is 1. The zero-order chi connectivity index (χ0) is 13.8. The van der Waals surface area contributed by atoms with Crippen molar-refractivity contribution in [2.24, 2.45) is 0 Å². The first-order valence-electron chi connectivity index (χ1n) is 5.48. The van der Waals surface area contributed by atoms with Gasteiger partial charge in [0.15, 0.2) is 0 Å². The van der Waals surface area contributed by atoms with Gasteiger partial charge in [0.25, 0.3) is 5.91 Å². The van der Waals surface area contributed by atoms with Crippen molar-refractivity contribution >= 4 is 22.9 Å². The number of carbonyl (C=O) groups excluding carboxylic acids is 1. The fourth-order valence-corrected chi connectivity index (χ4v) is 2.16. The maximum Gasteiger partial charge on any atom is 0.304 e. The highest BCUT2D eigenvalue weighted by Crippen LogP contribution is 2.20. The Bertz CT molecular complexity index is 648. The lowest BCUT2D eigenvalue weighted by Crippen LogP contribution is -2.24. The molecule has 7 heteroatoms. The molecule has 19 heavy (non-hydrogen) atoms. The molecule has 1 amide bonds. The molecule has 6 nitrogen and oxygen atoms in total. The Hall–Kier alpha value is -2.28. The number of rotatable bonds is 4. The molecule has 100 valence electrons. The van der Waals surface area contributed by atoms with E-state index >= 15 is 0 Å². The molecule has 0 unspecified atom stereocenters. The number of nitrogen functional groups attached to an aromatic ring is 1. The first kappa shape index (κ1) is 13.2. The minimum Gasteiger partial charge on any atom is -0.496 e. The molecule has 0 fully saturated rings. The second kappa shape index (κ2) is 5.57. The van der Waals surface area contributed by atoms with Gasteiger partial charge in [0.2, 0.25) is 0 Å². The van der Waals surface area contributed by atoms with Crippen LogP contribution in [0, 0.1) is 0 Å². The van der Waals surface area contributed by atoms with Crippen molar-refractivity contribution in [2.45, 2.75) is 6.54 Å². The first-order valence-corrected chi connectivity index (χ1v) is 6.36. The molecule has 0 atom stereocenters. The average molecular weight is 279 g/mol. The van der Waals surface area contributed by atoms with Gasteiger partial charge in [-0.2, -0.15) is 0 Å². The SMILES string of the molecule is COc1ccc(N)cc1C(=O)NCc1csc(=O)[nH]1. The van der Waals surface area contributed by atoms with E-state index in [0.29, 0.717) is 22.7 Å². The van der Waals surface area contributed by atoms with Gasteiger partial charge in [0, 0.05) is 16.8 Å². The number of hydrogen-bond acceptors (Lipinski definition) is 5. The zero-order valence-corrected chi connectivity index (χ0v) is 11.0. The highest BCUT2D eigenvalue weighted by atomic mass is 32.1. The topological polar surface area (TPSA) is 97.2 Å². The number of carbonyl (C=O) groups is 1. The molecule has 1 heterocycles. The van der Waals surface area contributed by atoms with Gasteiger partial charge in [-0.05, 0) is 18.2 Å². The largest absolute Gasteiger partial charge is 0.496 e. The Labute approximate surface area is 113 Å². The summed E-state index contributed by atoms with van der Waals surface area (Å²) in [5.74, 6) is 0.140. The van der Waals surface area contributed by atoms with E-state index in [9.17, 15) is 9.59 Å². The molecule has 4 N–H and O–H groups in total.